The van der Waals surface area contributed by atoms with Gasteiger partial charge in [0.15, 0.2) is 5.43 Å². The van der Waals surface area contributed by atoms with E-state index in [0.717, 1.165) is 29.6 Å². The summed E-state index contributed by atoms with van der Waals surface area (Å²) < 4.78 is 0. The average Bonchev–Trinajstić information content (AvgIpc) is 2.49. The number of hydrogen-bond acceptors (Lipinski definition) is 2. The third kappa shape index (κ3) is 3.52. The number of fused-ring (bicyclic) bond motifs is 1. The van der Waals surface area contributed by atoms with Crippen molar-refractivity contribution in [1.29, 1.82) is 5.26 Å². The van der Waals surface area contributed by atoms with E-state index >= 15 is 0 Å². The number of aromatic amines is 1. The van der Waals surface area contributed by atoms with Gasteiger partial charge in [-0.05, 0) is 38.0 Å². The molecule has 0 saturated heterocycles. The second-order valence-electron chi connectivity index (χ2n) is 5.59. The number of nitrogens with zero attached hydrogens (tertiary/aromatic N) is 1. The first-order valence-corrected chi connectivity index (χ1v) is 7.73. The molecule has 2 aromatic rings. The van der Waals surface area contributed by atoms with Gasteiger partial charge >= 0.3 is 0 Å². The van der Waals surface area contributed by atoms with Gasteiger partial charge in [0, 0.05) is 16.6 Å². The average molecular weight is 282 g/mol. The summed E-state index contributed by atoms with van der Waals surface area (Å²) in [4.78, 5) is 15.8. The molecule has 2 rings (SSSR count). The smallest absolute Gasteiger partial charge is 0.192 e. The number of benzene rings is 1. The monoisotopic (exact) mass is 282 g/mol. The van der Waals surface area contributed by atoms with Crippen LogP contribution in [-0.4, -0.2) is 4.98 Å². The quantitative estimate of drug-likeness (QED) is 0.806. The number of aryl methyl sites for hydroxylation is 1. The maximum absolute atomic E-state index is 12.6. The Morgan fingerprint density at radius 3 is 2.67 bits per heavy atom. The molecule has 0 atom stereocenters. The van der Waals surface area contributed by atoms with Gasteiger partial charge in [-0.3, -0.25) is 4.79 Å². The molecule has 0 amide bonds. The van der Waals surface area contributed by atoms with Gasteiger partial charge in [0.2, 0.25) is 0 Å². The van der Waals surface area contributed by atoms with Gasteiger partial charge < -0.3 is 4.98 Å². The Hall–Kier alpha value is -2.08. The fraction of sp³-hybridized carbons (Fsp3) is 0.444. The molecule has 21 heavy (non-hydrogen) atoms. The molecular weight excluding hydrogens is 260 g/mol. The minimum Gasteiger partial charge on any atom is -0.358 e. The number of rotatable bonds is 6. The zero-order chi connectivity index (χ0) is 15.2. The summed E-state index contributed by atoms with van der Waals surface area (Å²) in [7, 11) is 0. The van der Waals surface area contributed by atoms with Gasteiger partial charge in [-0.1, -0.05) is 32.6 Å². The van der Waals surface area contributed by atoms with Gasteiger partial charge in [-0.2, -0.15) is 5.26 Å². The molecule has 0 aliphatic heterocycles. The van der Waals surface area contributed by atoms with Crippen molar-refractivity contribution in [2.75, 3.05) is 0 Å². The molecule has 1 aromatic heterocycles. The molecule has 0 radical (unpaired) electrons. The maximum Gasteiger partial charge on any atom is 0.192 e. The Morgan fingerprint density at radius 1 is 1.19 bits per heavy atom. The first-order chi connectivity index (χ1) is 10.2. The summed E-state index contributed by atoms with van der Waals surface area (Å²) in [5.74, 6) is 0. The van der Waals surface area contributed by atoms with Gasteiger partial charge in [0.1, 0.15) is 0 Å². The van der Waals surface area contributed by atoms with Crippen molar-refractivity contribution < 1.29 is 0 Å². The number of H-pyrrole nitrogens is 1. The molecule has 0 fully saturated rings. The van der Waals surface area contributed by atoms with E-state index in [0.29, 0.717) is 10.9 Å². The topological polar surface area (TPSA) is 56.6 Å². The third-order valence-electron chi connectivity index (χ3n) is 3.97. The van der Waals surface area contributed by atoms with E-state index < -0.39 is 0 Å². The summed E-state index contributed by atoms with van der Waals surface area (Å²) in [6.45, 7) is 4.15. The first kappa shape index (κ1) is 15.3. The second-order valence-corrected chi connectivity index (χ2v) is 5.59. The highest BCUT2D eigenvalue weighted by Crippen LogP contribution is 2.15. The van der Waals surface area contributed by atoms with E-state index in [2.05, 4.69) is 18.0 Å². The lowest BCUT2D eigenvalue weighted by Crippen LogP contribution is -2.13. The van der Waals surface area contributed by atoms with Crippen LogP contribution in [0.2, 0.25) is 0 Å². The molecule has 3 heteroatoms. The Labute approximate surface area is 125 Å². The predicted octanol–water partition coefficient (Wildman–Crippen LogP) is 4.22. The number of pyridine rings is 1. The first-order valence-electron chi connectivity index (χ1n) is 7.73. The summed E-state index contributed by atoms with van der Waals surface area (Å²) in [6.07, 6.45) is 6.82. The normalized spacial score (nSPS) is 10.7. The molecule has 0 aliphatic rings. The Kier molecular flexibility index (Phi) is 5.16. The fourth-order valence-electron chi connectivity index (χ4n) is 2.73. The zero-order valence-electron chi connectivity index (χ0n) is 12.8. The van der Waals surface area contributed by atoms with E-state index in [-0.39, 0.29) is 5.43 Å². The van der Waals surface area contributed by atoms with Crippen molar-refractivity contribution in [2.24, 2.45) is 0 Å². The highest BCUT2D eigenvalue weighted by molar-refractivity contribution is 5.80. The van der Waals surface area contributed by atoms with E-state index in [1.807, 2.05) is 6.92 Å². The summed E-state index contributed by atoms with van der Waals surface area (Å²) >= 11 is 0. The Bertz CT molecular complexity index is 722. The molecule has 0 bridgehead atoms. The van der Waals surface area contributed by atoms with E-state index in [9.17, 15) is 4.79 Å². The van der Waals surface area contributed by atoms with Crippen molar-refractivity contribution >= 4 is 10.9 Å². The van der Waals surface area contributed by atoms with Crippen LogP contribution in [0.5, 0.6) is 0 Å². The zero-order valence-corrected chi connectivity index (χ0v) is 12.8. The highest BCUT2D eigenvalue weighted by Gasteiger charge is 2.09. The molecule has 0 spiro atoms. The van der Waals surface area contributed by atoms with Crippen LogP contribution in [0.4, 0.5) is 0 Å². The Balaban J connectivity index is 2.25. The molecule has 1 aromatic carbocycles. The van der Waals surface area contributed by atoms with Crippen molar-refractivity contribution in [2.45, 2.75) is 52.4 Å². The standard InChI is InChI=1S/C18H22N2O/c1-3-4-5-6-7-8-15-13(2)20-17-11-14(12-19)9-10-16(17)18(15)21/h9-11H,3-8H2,1-2H3,(H,20,21). The van der Waals surface area contributed by atoms with Crippen molar-refractivity contribution in [3.05, 3.63) is 45.2 Å². The molecule has 3 nitrogen and oxygen atoms in total. The van der Waals surface area contributed by atoms with Crippen LogP contribution < -0.4 is 5.43 Å². The molecule has 0 saturated carbocycles. The van der Waals surface area contributed by atoms with Crippen molar-refractivity contribution in [1.82, 2.24) is 4.98 Å². The van der Waals surface area contributed by atoms with Crippen LogP contribution in [0.15, 0.2) is 23.0 Å². The Morgan fingerprint density at radius 2 is 1.95 bits per heavy atom. The summed E-state index contributed by atoms with van der Waals surface area (Å²) in [5.41, 5.74) is 3.26. The van der Waals surface area contributed by atoms with Crippen LogP contribution in [0, 0.1) is 18.3 Å². The second kappa shape index (κ2) is 7.08. The van der Waals surface area contributed by atoms with Crippen LogP contribution in [-0.2, 0) is 6.42 Å². The minimum absolute atomic E-state index is 0.112. The minimum atomic E-state index is 0.112. The van der Waals surface area contributed by atoms with Crippen molar-refractivity contribution in [3.63, 3.8) is 0 Å². The lowest BCUT2D eigenvalue weighted by Gasteiger charge is -2.08. The predicted molar refractivity (Wildman–Crippen MR) is 86.5 cm³/mol. The molecular formula is C18H22N2O. The van der Waals surface area contributed by atoms with Crippen LogP contribution in [0.25, 0.3) is 10.9 Å². The third-order valence-corrected chi connectivity index (χ3v) is 3.97. The van der Waals surface area contributed by atoms with Gasteiger partial charge in [0.05, 0.1) is 17.1 Å². The summed E-state index contributed by atoms with van der Waals surface area (Å²) in [6, 6.07) is 7.31. The number of nitriles is 1. The lowest BCUT2D eigenvalue weighted by molar-refractivity contribution is 0.630. The molecule has 0 unspecified atom stereocenters. The SMILES string of the molecule is CCCCCCCc1c(C)[nH]c2cc(C#N)ccc2c1=O. The van der Waals surface area contributed by atoms with E-state index in [1.54, 1.807) is 18.2 Å². The summed E-state index contributed by atoms with van der Waals surface area (Å²) in [5, 5.41) is 9.62. The van der Waals surface area contributed by atoms with Crippen molar-refractivity contribution in [3.8, 4) is 6.07 Å². The maximum atomic E-state index is 12.6. The fourth-order valence-corrected chi connectivity index (χ4v) is 2.73. The molecule has 110 valence electrons. The molecule has 0 aliphatic carbocycles. The molecule has 1 heterocycles. The lowest BCUT2D eigenvalue weighted by atomic mass is 10.0. The number of aromatic nitrogens is 1. The van der Waals surface area contributed by atoms with Gasteiger partial charge in [0.25, 0.3) is 0 Å². The van der Waals surface area contributed by atoms with Crippen LogP contribution in [0.3, 0.4) is 0 Å². The largest absolute Gasteiger partial charge is 0.358 e. The molecule has 1 N–H and O–H groups in total. The highest BCUT2D eigenvalue weighted by atomic mass is 16.1. The number of nitrogens with one attached hydrogen (secondary N) is 1. The number of hydrogen-bond donors (Lipinski definition) is 1. The number of unbranched alkanes of at least 4 members (excludes halogenated alkanes) is 4. The van der Waals surface area contributed by atoms with Gasteiger partial charge in [-0.25, -0.2) is 0 Å². The van der Waals surface area contributed by atoms with Crippen LogP contribution in [0.1, 0.15) is 55.8 Å². The van der Waals surface area contributed by atoms with E-state index in [1.165, 1.54) is 25.7 Å². The van der Waals surface area contributed by atoms with E-state index in [4.69, 9.17) is 5.26 Å². The van der Waals surface area contributed by atoms with Crippen LogP contribution >= 0.6 is 0 Å². The van der Waals surface area contributed by atoms with Gasteiger partial charge in [-0.15, -0.1) is 0 Å².